The van der Waals surface area contributed by atoms with Gasteiger partial charge in [0.05, 0.1) is 0 Å². The summed E-state index contributed by atoms with van der Waals surface area (Å²) in [5, 5.41) is 16.8. The molecule has 0 fully saturated rings. The Hall–Kier alpha value is -4.94. The minimum Gasteiger partial charge on any atom is -0.481 e. The van der Waals surface area contributed by atoms with Gasteiger partial charge in [-0.25, -0.2) is 9.59 Å². The molecule has 1 unspecified atom stereocenters. The quantitative estimate of drug-likeness (QED) is 0.146. The third-order valence-electron chi connectivity index (χ3n) is 5.76. The Morgan fingerprint density at radius 2 is 1.24 bits per heavy atom. The van der Waals surface area contributed by atoms with Gasteiger partial charge in [-0.1, -0.05) is 60.7 Å². The molecular formula is C32H41N3O10. The summed E-state index contributed by atoms with van der Waals surface area (Å²) in [4.78, 5) is 77.1. The summed E-state index contributed by atoms with van der Waals surface area (Å²) in [7, 11) is 0. The van der Waals surface area contributed by atoms with Crippen molar-refractivity contribution in [1.29, 1.82) is 0 Å². The van der Waals surface area contributed by atoms with Crippen molar-refractivity contribution in [2.75, 3.05) is 6.54 Å². The van der Waals surface area contributed by atoms with Gasteiger partial charge in [-0.3, -0.25) is 19.2 Å². The van der Waals surface area contributed by atoms with E-state index in [1.165, 1.54) is 20.8 Å². The predicted octanol–water partition coefficient (Wildman–Crippen LogP) is 2.51. The highest BCUT2D eigenvalue weighted by atomic mass is 16.6. The molecular weight excluding hydrogens is 586 g/mol. The van der Waals surface area contributed by atoms with Gasteiger partial charge < -0.3 is 35.3 Å². The van der Waals surface area contributed by atoms with Crippen molar-refractivity contribution >= 4 is 35.8 Å². The number of aliphatic carboxylic acids is 1. The Labute approximate surface area is 262 Å². The van der Waals surface area contributed by atoms with Crippen LogP contribution >= 0.6 is 0 Å². The molecule has 0 aliphatic rings. The number of carboxylic acid groups (broad SMARTS) is 1. The minimum absolute atomic E-state index is 0.0405. The summed E-state index contributed by atoms with van der Waals surface area (Å²) in [6, 6.07) is 14.0. The van der Waals surface area contributed by atoms with E-state index in [1.54, 1.807) is 81.4 Å². The monoisotopic (exact) mass is 627 g/mol. The average Bonchev–Trinajstić information content (AvgIpc) is 2.93. The molecule has 244 valence electrons. The number of hydrogen-bond donors (Lipinski definition) is 4. The minimum atomic E-state index is -2.21. The lowest BCUT2D eigenvalue weighted by Gasteiger charge is -2.29. The fourth-order valence-electron chi connectivity index (χ4n) is 3.87. The lowest BCUT2D eigenvalue weighted by molar-refractivity contribution is -0.169. The molecule has 3 atom stereocenters. The first kappa shape index (κ1) is 36.3. The van der Waals surface area contributed by atoms with Crippen molar-refractivity contribution in [3.63, 3.8) is 0 Å². The normalized spacial score (nSPS) is 13.3. The molecule has 0 aliphatic carbocycles. The lowest BCUT2D eigenvalue weighted by Crippen LogP contribution is -2.60. The van der Waals surface area contributed by atoms with Crippen LogP contribution in [0.1, 0.15) is 52.7 Å². The van der Waals surface area contributed by atoms with E-state index in [9.17, 15) is 33.9 Å². The van der Waals surface area contributed by atoms with Crippen molar-refractivity contribution < 1.29 is 48.1 Å². The van der Waals surface area contributed by atoms with Gasteiger partial charge in [-0.2, -0.15) is 0 Å². The maximum atomic E-state index is 13.6. The molecule has 0 spiro atoms. The van der Waals surface area contributed by atoms with Crippen molar-refractivity contribution in [3.8, 4) is 0 Å². The van der Waals surface area contributed by atoms with E-state index in [1.807, 2.05) is 0 Å². The van der Waals surface area contributed by atoms with Crippen LogP contribution in [0, 0.1) is 5.92 Å². The molecule has 4 N–H and O–H groups in total. The van der Waals surface area contributed by atoms with E-state index in [2.05, 4.69) is 16.0 Å². The number of carboxylic acids is 1. The smallest absolute Gasteiger partial charge is 0.407 e. The molecule has 0 saturated carbocycles. The number of carbonyl (C=O) groups excluding carboxylic acids is 5. The fraction of sp³-hybridized carbons (Fsp3) is 0.438. The molecule has 3 amide bonds. The molecule has 45 heavy (non-hydrogen) atoms. The van der Waals surface area contributed by atoms with Crippen molar-refractivity contribution in [1.82, 2.24) is 16.0 Å². The van der Waals surface area contributed by atoms with Gasteiger partial charge in [0.1, 0.15) is 36.4 Å². The zero-order valence-electron chi connectivity index (χ0n) is 26.2. The van der Waals surface area contributed by atoms with Crippen LogP contribution < -0.4 is 16.0 Å². The largest absolute Gasteiger partial charge is 0.481 e. The molecule has 2 rings (SSSR count). The molecule has 0 saturated heterocycles. The van der Waals surface area contributed by atoms with Crippen LogP contribution in [-0.4, -0.2) is 70.8 Å². The zero-order chi connectivity index (χ0) is 33.8. The molecule has 0 heterocycles. The Morgan fingerprint density at radius 3 is 1.76 bits per heavy atom. The van der Waals surface area contributed by atoms with Crippen LogP contribution in [0.4, 0.5) is 4.79 Å². The second-order valence-corrected chi connectivity index (χ2v) is 12.1. The van der Waals surface area contributed by atoms with Gasteiger partial charge in [0.2, 0.25) is 11.8 Å². The third kappa shape index (κ3) is 13.5. The molecule has 0 aromatic heterocycles. The second-order valence-electron chi connectivity index (χ2n) is 12.1. The molecule has 0 radical (unpaired) electrons. The number of alkyl carbamates (subject to hydrolysis) is 1. The molecule has 0 aliphatic heterocycles. The van der Waals surface area contributed by atoms with E-state index >= 15 is 0 Å². The summed E-state index contributed by atoms with van der Waals surface area (Å²) >= 11 is 0. The first-order valence-electron chi connectivity index (χ1n) is 14.2. The Morgan fingerprint density at radius 1 is 0.733 bits per heavy atom. The summed E-state index contributed by atoms with van der Waals surface area (Å²) < 4.78 is 15.7. The first-order valence-corrected chi connectivity index (χ1v) is 14.2. The van der Waals surface area contributed by atoms with Gasteiger partial charge in [0.15, 0.2) is 5.92 Å². The third-order valence-corrected chi connectivity index (χ3v) is 5.76. The average molecular weight is 628 g/mol. The van der Waals surface area contributed by atoms with Crippen molar-refractivity contribution in [2.45, 2.75) is 77.9 Å². The molecule has 2 aromatic carbocycles. The van der Waals surface area contributed by atoms with E-state index in [0.29, 0.717) is 11.1 Å². The molecule has 13 heteroatoms. The molecule has 13 nitrogen and oxygen atoms in total. The number of esters is 2. The van der Waals surface area contributed by atoms with Crippen LogP contribution in [-0.2, 0) is 51.2 Å². The van der Waals surface area contributed by atoms with Gasteiger partial charge in [-0.15, -0.1) is 0 Å². The first-order chi connectivity index (χ1) is 20.9. The summed E-state index contributed by atoms with van der Waals surface area (Å²) in [6.45, 7) is 8.61. The van der Waals surface area contributed by atoms with E-state index in [4.69, 9.17) is 14.2 Å². The number of ether oxygens (including phenoxy) is 3. The highest BCUT2D eigenvalue weighted by Crippen LogP contribution is 2.17. The number of carbonyl (C=O) groups is 6. The number of nitrogens with one attached hydrogen (secondary N) is 3. The predicted molar refractivity (Wildman–Crippen MR) is 161 cm³/mol. The van der Waals surface area contributed by atoms with Crippen LogP contribution in [0.25, 0.3) is 0 Å². The molecule has 0 bridgehead atoms. The van der Waals surface area contributed by atoms with Crippen LogP contribution in [0.2, 0.25) is 0 Å². The van der Waals surface area contributed by atoms with E-state index < -0.39 is 71.6 Å². The zero-order valence-corrected chi connectivity index (χ0v) is 26.2. The van der Waals surface area contributed by atoms with Crippen LogP contribution in [0.3, 0.4) is 0 Å². The second kappa shape index (κ2) is 16.2. The van der Waals surface area contributed by atoms with Crippen molar-refractivity contribution in [3.05, 3.63) is 71.8 Å². The summed E-state index contributed by atoms with van der Waals surface area (Å²) in [5.74, 6) is -8.29. The Bertz CT molecular complexity index is 1330. The topological polar surface area (TPSA) is 186 Å². The maximum Gasteiger partial charge on any atom is 0.407 e. The standard InChI is InChI=1S/C32H41N3O10/c1-31(2,3)44-28(40)22(17-20-13-9-7-10-14-20)34-26(37)25(24(27(38)39)29(41)45-32(4,5)6)35-23(36)18-33-30(42)43-19-21-15-11-8-12-16-21/h7-16,22,24-25H,17-19H2,1-6H3,(H,33,42)(H,34,37)(H,35,36)(H,38,39)/t22-,24?,25-/m0/s1. The number of hydrogen-bond acceptors (Lipinski definition) is 9. The van der Waals surface area contributed by atoms with E-state index in [-0.39, 0.29) is 13.0 Å². The Kier molecular flexibility index (Phi) is 13.1. The highest BCUT2D eigenvalue weighted by molar-refractivity contribution is 6.03. The van der Waals surface area contributed by atoms with Crippen LogP contribution in [0.5, 0.6) is 0 Å². The fourth-order valence-corrected chi connectivity index (χ4v) is 3.87. The SMILES string of the molecule is CC(C)(C)OC(=O)C(C(=O)O)[C@H](NC(=O)CNC(=O)OCc1ccccc1)C(=O)N[C@@H](Cc1ccccc1)C(=O)OC(C)(C)C. The number of rotatable bonds is 13. The highest BCUT2D eigenvalue weighted by Gasteiger charge is 2.44. The summed E-state index contributed by atoms with van der Waals surface area (Å²) in [5.41, 5.74) is -0.711. The molecule has 2 aromatic rings. The van der Waals surface area contributed by atoms with Crippen LogP contribution in [0.15, 0.2) is 60.7 Å². The lowest BCUT2D eigenvalue weighted by atomic mass is 9.97. The van der Waals surface area contributed by atoms with E-state index in [0.717, 1.165) is 0 Å². The Balaban J connectivity index is 2.29. The van der Waals surface area contributed by atoms with Gasteiger partial charge >= 0.3 is 24.0 Å². The van der Waals surface area contributed by atoms with Crippen molar-refractivity contribution in [2.24, 2.45) is 5.92 Å². The van der Waals surface area contributed by atoms with Gasteiger partial charge in [0.25, 0.3) is 0 Å². The maximum absolute atomic E-state index is 13.6. The number of benzene rings is 2. The number of amides is 3. The summed E-state index contributed by atoms with van der Waals surface area (Å²) in [6.07, 6.45) is -0.994. The van der Waals surface area contributed by atoms with Gasteiger partial charge in [0, 0.05) is 6.42 Å². The van der Waals surface area contributed by atoms with Gasteiger partial charge in [-0.05, 0) is 52.7 Å².